The first-order chi connectivity index (χ1) is 17.6. The fraction of sp³-hybridized carbons (Fsp3) is 0.200. The number of sulfonamides is 1. The average molecular weight is 557 g/mol. The zero-order valence-corrected chi connectivity index (χ0v) is 22.5. The first-order valence-corrected chi connectivity index (χ1v) is 13.9. The van der Waals surface area contributed by atoms with Gasteiger partial charge in [0, 0.05) is 44.4 Å². The van der Waals surface area contributed by atoms with Crippen LogP contribution < -0.4 is 0 Å². The molecule has 1 aliphatic heterocycles. The van der Waals surface area contributed by atoms with E-state index in [9.17, 15) is 18.0 Å². The van der Waals surface area contributed by atoms with Crippen molar-refractivity contribution >= 4 is 56.3 Å². The van der Waals surface area contributed by atoms with Crippen molar-refractivity contribution in [1.29, 1.82) is 0 Å². The molecular weight excluding hydrogens is 532 g/mol. The molecule has 37 heavy (non-hydrogen) atoms. The van der Waals surface area contributed by atoms with Gasteiger partial charge in [-0.3, -0.25) is 14.5 Å². The molecule has 0 atom stereocenters. The van der Waals surface area contributed by atoms with Crippen LogP contribution in [-0.2, 0) is 19.6 Å². The smallest absolute Gasteiger partial charge is 0.303 e. The summed E-state index contributed by atoms with van der Waals surface area (Å²) in [5.74, 6) is -1.24. The maximum atomic E-state index is 13.1. The molecule has 1 N–H and O–H groups in total. The van der Waals surface area contributed by atoms with Crippen LogP contribution >= 0.6 is 24.0 Å². The Bertz CT molecular complexity index is 1500. The van der Waals surface area contributed by atoms with Gasteiger partial charge in [0.15, 0.2) is 0 Å². The van der Waals surface area contributed by atoms with Gasteiger partial charge in [-0.15, -0.1) is 0 Å². The van der Waals surface area contributed by atoms with E-state index in [1.54, 1.807) is 35.2 Å². The Morgan fingerprint density at radius 1 is 1.16 bits per heavy atom. The van der Waals surface area contributed by atoms with E-state index in [0.29, 0.717) is 32.5 Å². The summed E-state index contributed by atoms with van der Waals surface area (Å²) in [5, 5.41) is 13.6. The summed E-state index contributed by atoms with van der Waals surface area (Å²) in [5.41, 5.74) is 2.47. The van der Waals surface area contributed by atoms with E-state index >= 15 is 0 Å². The van der Waals surface area contributed by atoms with Crippen molar-refractivity contribution in [2.75, 3.05) is 20.6 Å². The number of rotatable bonds is 9. The SMILES string of the molecule is CN(C)S(=O)(=O)c1cccc(-c2nn(-c3ccccc3)cc2/C=C2/SC(=S)N(CCCC(=O)O)C2=O)c1. The van der Waals surface area contributed by atoms with E-state index in [4.69, 9.17) is 22.4 Å². The van der Waals surface area contributed by atoms with Gasteiger partial charge in [-0.2, -0.15) is 5.10 Å². The highest BCUT2D eigenvalue weighted by molar-refractivity contribution is 8.26. The topological polar surface area (TPSA) is 113 Å². The van der Waals surface area contributed by atoms with Crippen molar-refractivity contribution in [1.82, 2.24) is 19.0 Å². The summed E-state index contributed by atoms with van der Waals surface area (Å²) < 4.78 is 28.6. The van der Waals surface area contributed by atoms with E-state index < -0.39 is 16.0 Å². The number of carbonyl (C=O) groups is 2. The van der Waals surface area contributed by atoms with Crippen molar-refractivity contribution in [3.8, 4) is 16.9 Å². The van der Waals surface area contributed by atoms with Gasteiger partial charge in [-0.25, -0.2) is 17.4 Å². The summed E-state index contributed by atoms with van der Waals surface area (Å²) in [6.45, 7) is 0.217. The van der Waals surface area contributed by atoms with Crippen LogP contribution in [0.1, 0.15) is 18.4 Å². The van der Waals surface area contributed by atoms with Crippen LogP contribution in [0.25, 0.3) is 23.0 Å². The molecule has 0 saturated carbocycles. The van der Waals surface area contributed by atoms with E-state index in [1.165, 1.54) is 25.1 Å². The maximum Gasteiger partial charge on any atom is 0.303 e. The predicted octanol–water partition coefficient (Wildman–Crippen LogP) is 3.86. The maximum absolute atomic E-state index is 13.1. The van der Waals surface area contributed by atoms with Crippen LogP contribution in [0.5, 0.6) is 0 Å². The van der Waals surface area contributed by atoms with Crippen LogP contribution in [0.2, 0.25) is 0 Å². The molecule has 0 unspecified atom stereocenters. The van der Waals surface area contributed by atoms with Gasteiger partial charge >= 0.3 is 5.97 Å². The Hall–Kier alpha value is -3.32. The summed E-state index contributed by atoms with van der Waals surface area (Å²) in [6, 6.07) is 15.9. The average Bonchev–Trinajstić information content (AvgIpc) is 3.40. The highest BCUT2D eigenvalue weighted by Crippen LogP contribution is 2.35. The van der Waals surface area contributed by atoms with Gasteiger partial charge < -0.3 is 5.11 Å². The number of carbonyl (C=O) groups excluding carboxylic acids is 1. The minimum atomic E-state index is -3.67. The molecule has 0 bridgehead atoms. The molecule has 9 nitrogen and oxygen atoms in total. The third-order valence-corrected chi connectivity index (χ3v) is 8.77. The number of carboxylic acids is 1. The number of hydrogen-bond donors (Lipinski definition) is 1. The number of nitrogens with zero attached hydrogens (tertiary/aromatic N) is 4. The van der Waals surface area contributed by atoms with E-state index in [2.05, 4.69) is 0 Å². The molecule has 1 fully saturated rings. The van der Waals surface area contributed by atoms with Crippen molar-refractivity contribution in [3.63, 3.8) is 0 Å². The van der Waals surface area contributed by atoms with Gasteiger partial charge in [0.1, 0.15) is 10.0 Å². The number of thioether (sulfide) groups is 1. The number of amides is 1. The normalized spacial score (nSPS) is 15.2. The Balaban J connectivity index is 1.76. The Morgan fingerprint density at radius 3 is 2.57 bits per heavy atom. The molecule has 1 amide bonds. The summed E-state index contributed by atoms with van der Waals surface area (Å²) in [7, 11) is -0.730. The highest BCUT2D eigenvalue weighted by atomic mass is 32.2. The lowest BCUT2D eigenvalue weighted by atomic mass is 10.1. The first kappa shape index (κ1) is 26.7. The Kier molecular flexibility index (Phi) is 7.93. The van der Waals surface area contributed by atoms with E-state index in [-0.39, 0.29) is 23.8 Å². The zero-order chi connectivity index (χ0) is 26.7. The molecule has 12 heteroatoms. The van der Waals surface area contributed by atoms with Crippen LogP contribution in [0, 0.1) is 0 Å². The lowest BCUT2D eigenvalue weighted by Crippen LogP contribution is -2.29. The van der Waals surface area contributed by atoms with E-state index in [0.717, 1.165) is 21.8 Å². The van der Waals surface area contributed by atoms with Crippen molar-refractivity contribution < 1.29 is 23.1 Å². The number of thiocarbonyl (C=S) groups is 1. The number of hydrogen-bond acceptors (Lipinski definition) is 7. The first-order valence-electron chi connectivity index (χ1n) is 11.2. The van der Waals surface area contributed by atoms with Crippen LogP contribution in [0.15, 0.2) is 70.6 Å². The Labute approximate surface area is 224 Å². The van der Waals surface area contributed by atoms with Crippen molar-refractivity contribution in [2.24, 2.45) is 0 Å². The van der Waals surface area contributed by atoms with Crippen molar-refractivity contribution in [2.45, 2.75) is 17.7 Å². The molecular formula is C25H24N4O5S3. The highest BCUT2D eigenvalue weighted by Gasteiger charge is 2.32. The summed E-state index contributed by atoms with van der Waals surface area (Å²) in [6.07, 6.45) is 3.69. The van der Waals surface area contributed by atoms with Crippen LogP contribution in [0.4, 0.5) is 0 Å². The van der Waals surface area contributed by atoms with Gasteiger partial charge in [-0.1, -0.05) is 54.3 Å². The number of carboxylic acid groups (broad SMARTS) is 1. The summed E-state index contributed by atoms with van der Waals surface area (Å²) in [4.78, 5) is 25.8. The minimum absolute atomic E-state index is 0.0592. The van der Waals surface area contributed by atoms with Gasteiger partial charge in [0.05, 0.1) is 15.5 Å². The second kappa shape index (κ2) is 11.0. The number of aromatic nitrogens is 2. The molecule has 1 aromatic heterocycles. The molecule has 2 aromatic carbocycles. The van der Waals surface area contributed by atoms with E-state index in [1.807, 2.05) is 30.3 Å². The van der Waals surface area contributed by atoms with Gasteiger partial charge in [-0.05, 0) is 36.8 Å². The molecule has 3 aromatic rings. The van der Waals surface area contributed by atoms with Crippen LogP contribution in [0.3, 0.4) is 0 Å². The zero-order valence-electron chi connectivity index (χ0n) is 20.1. The molecule has 0 radical (unpaired) electrons. The molecule has 0 spiro atoms. The standard InChI is InChI=1S/C25H24N4O5S3/c1-27(2)37(33,34)20-11-6-8-17(14-20)23-18(16-29(26-23)19-9-4-3-5-10-19)15-21-24(32)28(25(35)36-21)13-7-12-22(30)31/h3-6,8-11,14-16H,7,12-13H2,1-2H3,(H,30,31)/b21-15+. The second-order valence-electron chi connectivity index (χ2n) is 8.36. The fourth-order valence-electron chi connectivity index (χ4n) is 3.67. The summed E-state index contributed by atoms with van der Waals surface area (Å²) >= 11 is 6.51. The quantitative estimate of drug-likeness (QED) is 0.312. The molecule has 192 valence electrons. The van der Waals surface area contributed by atoms with Gasteiger partial charge in [0.2, 0.25) is 10.0 Å². The minimum Gasteiger partial charge on any atom is -0.481 e. The molecule has 2 heterocycles. The lowest BCUT2D eigenvalue weighted by Gasteiger charge is -2.13. The molecule has 0 aliphatic carbocycles. The Morgan fingerprint density at radius 2 is 1.89 bits per heavy atom. The number of para-hydroxylation sites is 1. The monoisotopic (exact) mass is 556 g/mol. The number of benzene rings is 2. The molecule has 1 saturated heterocycles. The predicted molar refractivity (Wildman–Crippen MR) is 147 cm³/mol. The van der Waals surface area contributed by atoms with Crippen LogP contribution in [-0.4, -0.2) is 69.3 Å². The number of aliphatic carboxylic acids is 1. The van der Waals surface area contributed by atoms with Crippen molar-refractivity contribution in [3.05, 3.63) is 71.3 Å². The second-order valence-corrected chi connectivity index (χ2v) is 12.2. The third-order valence-electron chi connectivity index (χ3n) is 5.58. The lowest BCUT2D eigenvalue weighted by molar-refractivity contribution is -0.137. The third kappa shape index (κ3) is 5.82. The fourth-order valence-corrected chi connectivity index (χ4v) is 5.91. The van der Waals surface area contributed by atoms with Gasteiger partial charge in [0.25, 0.3) is 5.91 Å². The largest absolute Gasteiger partial charge is 0.481 e. The molecule has 1 aliphatic rings. The molecule has 4 rings (SSSR count).